The summed E-state index contributed by atoms with van der Waals surface area (Å²) in [7, 11) is 3.72. The Morgan fingerprint density at radius 2 is 2.44 bits per heavy atom. The van der Waals surface area contributed by atoms with E-state index >= 15 is 0 Å². The van der Waals surface area contributed by atoms with Crippen molar-refractivity contribution < 1.29 is 9.47 Å². The molecule has 1 atom stereocenters. The number of rotatable bonds is 3. The lowest BCUT2D eigenvalue weighted by Crippen LogP contribution is -2.36. The van der Waals surface area contributed by atoms with Gasteiger partial charge in [0.2, 0.25) is 0 Å². The number of hydrogen-bond acceptors (Lipinski definition) is 5. The highest BCUT2D eigenvalue weighted by Crippen LogP contribution is 2.22. The largest absolute Gasteiger partial charge is 0.378 e. The second-order valence-electron chi connectivity index (χ2n) is 4.27. The van der Waals surface area contributed by atoms with Crippen LogP contribution in [-0.2, 0) is 16.1 Å². The smallest absolute Gasteiger partial charge is 0.144 e. The fraction of sp³-hybridized carbons (Fsp3) is 0.636. The number of aromatic amines is 1. The summed E-state index contributed by atoms with van der Waals surface area (Å²) >= 11 is 8.66. The van der Waals surface area contributed by atoms with Gasteiger partial charge in [0, 0.05) is 20.2 Å². The molecule has 1 aromatic rings. The second kappa shape index (κ2) is 6.21. The van der Waals surface area contributed by atoms with Crippen molar-refractivity contribution in [1.82, 2.24) is 14.9 Å². The Hall–Kier alpha value is -0.340. The van der Waals surface area contributed by atoms with E-state index < -0.39 is 0 Å². The van der Waals surface area contributed by atoms with Crippen molar-refractivity contribution in [3.8, 4) is 0 Å². The van der Waals surface area contributed by atoms with Crippen molar-refractivity contribution in [2.45, 2.75) is 12.7 Å². The van der Waals surface area contributed by atoms with Gasteiger partial charge in [0.1, 0.15) is 16.6 Å². The summed E-state index contributed by atoms with van der Waals surface area (Å²) in [5, 5.41) is 0. The van der Waals surface area contributed by atoms with Gasteiger partial charge in [0.15, 0.2) is 0 Å². The van der Waals surface area contributed by atoms with Crippen LogP contribution in [-0.4, -0.2) is 48.7 Å². The number of halogens is 1. The first-order valence-corrected chi connectivity index (χ1v) is 6.89. The van der Waals surface area contributed by atoms with Crippen molar-refractivity contribution >= 4 is 28.1 Å². The van der Waals surface area contributed by atoms with Crippen LogP contribution < -0.4 is 0 Å². The van der Waals surface area contributed by atoms with Gasteiger partial charge < -0.3 is 19.4 Å². The molecule has 1 unspecified atom stereocenters. The Morgan fingerprint density at radius 1 is 1.67 bits per heavy atom. The van der Waals surface area contributed by atoms with Gasteiger partial charge in [-0.25, -0.2) is 4.98 Å². The van der Waals surface area contributed by atoms with Gasteiger partial charge in [-0.1, -0.05) is 12.2 Å². The molecular weight excluding hydrogens is 318 g/mol. The Kier molecular flexibility index (Phi) is 4.85. The van der Waals surface area contributed by atoms with Gasteiger partial charge in [0.25, 0.3) is 0 Å². The molecule has 0 bridgehead atoms. The van der Waals surface area contributed by atoms with Crippen LogP contribution in [0, 0.1) is 4.64 Å². The molecule has 1 N–H and O–H groups in total. The van der Waals surface area contributed by atoms with Crippen LogP contribution in [0.3, 0.4) is 0 Å². The molecule has 0 aliphatic carbocycles. The molecule has 1 aliphatic rings. The van der Waals surface area contributed by atoms with Crippen LogP contribution >= 0.6 is 28.1 Å². The Balaban J connectivity index is 2.30. The first-order valence-electron chi connectivity index (χ1n) is 5.69. The highest BCUT2D eigenvalue weighted by Gasteiger charge is 2.22. The molecular formula is C11H16BrN3O2S. The third kappa shape index (κ3) is 3.16. The topological polar surface area (TPSA) is 50.4 Å². The molecule has 0 amide bonds. The van der Waals surface area contributed by atoms with Crippen LogP contribution in [0.2, 0.25) is 0 Å². The number of ether oxygens (including phenoxy) is 2. The highest BCUT2D eigenvalue weighted by molar-refractivity contribution is 9.10. The van der Waals surface area contributed by atoms with Crippen molar-refractivity contribution in [1.29, 1.82) is 0 Å². The summed E-state index contributed by atoms with van der Waals surface area (Å²) in [6.45, 7) is 2.92. The minimum atomic E-state index is -0.0610. The van der Waals surface area contributed by atoms with Crippen molar-refractivity contribution in [2.75, 3.05) is 33.9 Å². The van der Waals surface area contributed by atoms with Crippen LogP contribution in [0.25, 0.3) is 0 Å². The van der Waals surface area contributed by atoms with Gasteiger partial charge in [-0.15, -0.1) is 0 Å². The van der Waals surface area contributed by atoms with Gasteiger partial charge in [-0.2, -0.15) is 0 Å². The summed E-state index contributed by atoms with van der Waals surface area (Å²) in [5.74, 6) is 0.766. The molecule has 1 aromatic heterocycles. The first kappa shape index (κ1) is 14.1. The summed E-state index contributed by atoms with van der Waals surface area (Å²) in [5.41, 5.74) is 0.893. The van der Waals surface area contributed by atoms with Crippen LogP contribution in [0.15, 0.2) is 4.47 Å². The van der Waals surface area contributed by atoms with Gasteiger partial charge in [0.05, 0.1) is 23.4 Å². The van der Waals surface area contributed by atoms with Crippen molar-refractivity contribution in [2.24, 2.45) is 0 Å². The lowest BCUT2D eigenvalue weighted by atomic mass is 10.2. The lowest BCUT2D eigenvalue weighted by Gasteiger charge is -2.29. The fourth-order valence-electron chi connectivity index (χ4n) is 1.86. The zero-order valence-electron chi connectivity index (χ0n) is 10.4. The normalized spacial score (nSPS) is 21.2. The summed E-state index contributed by atoms with van der Waals surface area (Å²) in [4.78, 5) is 9.84. The summed E-state index contributed by atoms with van der Waals surface area (Å²) < 4.78 is 12.2. The monoisotopic (exact) mass is 333 g/mol. The lowest BCUT2D eigenvalue weighted by molar-refractivity contribution is -0.0258. The molecule has 1 saturated heterocycles. The third-order valence-electron chi connectivity index (χ3n) is 2.82. The van der Waals surface area contributed by atoms with E-state index in [2.05, 4.69) is 37.8 Å². The average molecular weight is 334 g/mol. The maximum absolute atomic E-state index is 5.72. The molecule has 0 spiro atoms. The Bertz CT molecular complexity index is 480. The molecule has 100 valence electrons. The zero-order chi connectivity index (χ0) is 13.1. The fourth-order valence-corrected chi connectivity index (χ4v) is 2.39. The number of aromatic nitrogens is 2. The van der Waals surface area contributed by atoms with E-state index in [9.17, 15) is 0 Å². The minimum Gasteiger partial charge on any atom is -0.378 e. The minimum absolute atomic E-state index is 0.0610. The molecule has 2 rings (SSSR count). The maximum Gasteiger partial charge on any atom is 0.144 e. The Morgan fingerprint density at radius 3 is 3.11 bits per heavy atom. The number of nitrogens with zero attached hydrogens (tertiary/aromatic N) is 2. The van der Waals surface area contributed by atoms with E-state index in [1.54, 1.807) is 7.11 Å². The molecule has 0 saturated carbocycles. The number of hydrogen-bond donors (Lipinski definition) is 1. The highest BCUT2D eigenvalue weighted by atomic mass is 79.9. The Labute approximate surface area is 120 Å². The van der Waals surface area contributed by atoms with E-state index in [4.69, 9.17) is 21.7 Å². The number of H-pyrrole nitrogens is 1. The van der Waals surface area contributed by atoms with Crippen LogP contribution in [0.4, 0.5) is 0 Å². The van der Waals surface area contributed by atoms with E-state index in [1.165, 1.54) is 0 Å². The van der Waals surface area contributed by atoms with Gasteiger partial charge in [-0.3, -0.25) is 0 Å². The molecule has 2 heterocycles. The predicted octanol–water partition coefficient (Wildman–Crippen LogP) is 2.05. The summed E-state index contributed by atoms with van der Waals surface area (Å²) in [6.07, 6.45) is -0.0610. The molecule has 0 radical (unpaired) electrons. The van der Waals surface area contributed by atoms with Gasteiger partial charge >= 0.3 is 0 Å². The molecule has 1 aliphatic heterocycles. The van der Waals surface area contributed by atoms with Crippen LogP contribution in [0.1, 0.15) is 17.6 Å². The average Bonchev–Trinajstić information content (AvgIpc) is 2.35. The first-order chi connectivity index (χ1) is 8.61. The predicted molar refractivity (Wildman–Crippen MR) is 74.0 cm³/mol. The molecule has 1 fully saturated rings. The zero-order valence-corrected chi connectivity index (χ0v) is 12.8. The second-order valence-corrected chi connectivity index (χ2v) is 5.45. The number of nitrogens with one attached hydrogen (secondary N) is 1. The maximum atomic E-state index is 5.72. The molecule has 5 nitrogen and oxygen atoms in total. The van der Waals surface area contributed by atoms with E-state index in [0.717, 1.165) is 29.1 Å². The summed E-state index contributed by atoms with van der Waals surface area (Å²) in [6, 6.07) is 0. The molecule has 7 heteroatoms. The van der Waals surface area contributed by atoms with E-state index in [-0.39, 0.29) is 6.10 Å². The quantitative estimate of drug-likeness (QED) is 0.858. The van der Waals surface area contributed by atoms with Crippen molar-refractivity contribution in [3.63, 3.8) is 0 Å². The number of methoxy groups -OCH3 is 1. The van der Waals surface area contributed by atoms with Crippen molar-refractivity contribution in [3.05, 3.63) is 20.6 Å². The molecule has 0 aromatic carbocycles. The number of morpholine rings is 1. The van der Waals surface area contributed by atoms with Gasteiger partial charge in [-0.05, 0) is 23.0 Å². The van der Waals surface area contributed by atoms with Crippen LogP contribution in [0.5, 0.6) is 0 Å². The number of likely N-dealkylation sites (N-methyl/N-ethyl adjacent to an activating group) is 1. The van der Waals surface area contributed by atoms with E-state index in [0.29, 0.717) is 17.9 Å². The SMILES string of the molecule is COCc1[nH]c(C2CN(C)CCO2)nc(=S)c1Br. The third-order valence-corrected chi connectivity index (χ3v) is 4.23. The molecule has 18 heavy (non-hydrogen) atoms. The van der Waals surface area contributed by atoms with E-state index in [1.807, 2.05) is 0 Å². The standard InChI is InChI=1S/C11H16BrN3O2S/c1-15-3-4-17-8(5-15)10-13-7(6-16-2)9(12)11(18)14-10/h8H,3-6H2,1-2H3,(H,13,14,18).